The van der Waals surface area contributed by atoms with E-state index in [1.807, 2.05) is 36.4 Å². The summed E-state index contributed by atoms with van der Waals surface area (Å²) in [5, 5.41) is 22.8. The minimum atomic E-state index is -1.22. The highest BCUT2D eigenvalue weighted by atomic mass is 16.5. The topological polar surface area (TPSA) is 102 Å². The number of ether oxygens (including phenoxy) is 1. The SMILES string of the molecule is N#C/C(=C\c1ccc(OCc2ccc(C(=O)[O-])cc2)cc1)C(=O)NCc1ccccc1. The Kier molecular flexibility index (Phi) is 7.17. The van der Waals surface area contributed by atoms with Crippen molar-refractivity contribution in [1.82, 2.24) is 5.32 Å². The quantitative estimate of drug-likeness (QED) is 0.454. The molecule has 3 rings (SSSR count). The Morgan fingerprint density at radius 2 is 1.61 bits per heavy atom. The first kappa shape index (κ1) is 21.3. The molecule has 1 amide bonds. The van der Waals surface area contributed by atoms with E-state index < -0.39 is 11.9 Å². The van der Waals surface area contributed by atoms with E-state index in [2.05, 4.69) is 5.32 Å². The third-order valence-electron chi connectivity index (χ3n) is 4.45. The maximum Gasteiger partial charge on any atom is 0.262 e. The summed E-state index contributed by atoms with van der Waals surface area (Å²) in [5.41, 5.74) is 2.58. The van der Waals surface area contributed by atoms with Gasteiger partial charge in [-0.1, -0.05) is 66.7 Å². The van der Waals surface area contributed by atoms with Crippen molar-refractivity contribution in [2.45, 2.75) is 13.2 Å². The Bertz CT molecular complexity index is 1110. The number of carbonyl (C=O) groups excluding carboxylic acids is 2. The molecule has 3 aromatic carbocycles. The molecule has 0 aliphatic carbocycles. The van der Waals surface area contributed by atoms with Gasteiger partial charge >= 0.3 is 0 Å². The van der Waals surface area contributed by atoms with Crippen LogP contribution in [0.5, 0.6) is 5.75 Å². The smallest absolute Gasteiger partial charge is 0.262 e. The lowest BCUT2D eigenvalue weighted by Crippen LogP contribution is -2.23. The number of amides is 1. The van der Waals surface area contributed by atoms with Crippen LogP contribution in [0.2, 0.25) is 0 Å². The van der Waals surface area contributed by atoms with Crippen LogP contribution in [0, 0.1) is 11.3 Å². The van der Waals surface area contributed by atoms with Crippen LogP contribution < -0.4 is 15.2 Å². The minimum absolute atomic E-state index is 0.0117. The van der Waals surface area contributed by atoms with E-state index in [0.29, 0.717) is 17.9 Å². The molecule has 6 nitrogen and oxygen atoms in total. The number of aromatic carboxylic acids is 1. The molecule has 0 aliphatic rings. The summed E-state index contributed by atoms with van der Waals surface area (Å²) in [7, 11) is 0. The van der Waals surface area contributed by atoms with Gasteiger partial charge in [-0.15, -0.1) is 0 Å². The number of hydrogen-bond acceptors (Lipinski definition) is 5. The van der Waals surface area contributed by atoms with Gasteiger partial charge in [-0.2, -0.15) is 5.26 Å². The number of nitriles is 1. The van der Waals surface area contributed by atoms with Gasteiger partial charge < -0.3 is 20.0 Å². The number of nitrogens with one attached hydrogen (secondary N) is 1. The molecule has 0 fully saturated rings. The predicted molar refractivity (Wildman–Crippen MR) is 113 cm³/mol. The van der Waals surface area contributed by atoms with Gasteiger partial charge in [0.05, 0.1) is 5.97 Å². The van der Waals surface area contributed by atoms with Gasteiger partial charge in [0.25, 0.3) is 5.91 Å². The van der Waals surface area contributed by atoms with Gasteiger partial charge in [0.1, 0.15) is 24.0 Å². The van der Waals surface area contributed by atoms with E-state index in [9.17, 15) is 20.0 Å². The summed E-state index contributed by atoms with van der Waals surface area (Å²) in [6.07, 6.45) is 1.52. The average Bonchev–Trinajstić information content (AvgIpc) is 2.81. The third-order valence-corrected chi connectivity index (χ3v) is 4.45. The molecule has 0 aromatic heterocycles. The van der Waals surface area contributed by atoms with Gasteiger partial charge in [-0.25, -0.2) is 0 Å². The van der Waals surface area contributed by atoms with Crippen LogP contribution in [0.15, 0.2) is 84.4 Å². The van der Waals surface area contributed by atoms with E-state index in [1.54, 1.807) is 36.4 Å². The molecule has 0 bridgehead atoms. The Balaban J connectivity index is 1.57. The second kappa shape index (κ2) is 10.4. The van der Waals surface area contributed by atoms with E-state index in [4.69, 9.17) is 4.74 Å². The van der Waals surface area contributed by atoms with Crippen LogP contribution in [0.3, 0.4) is 0 Å². The summed E-state index contributed by atoms with van der Waals surface area (Å²) < 4.78 is 5.69. The fourth-order valence-corrected chi connectivity index (χ4v) is 2.75. The van der Waals surface area contributed by atoms with Crippen LogP contribution in [0.4, 0.5) is 0 Å². The van der Waals surface area contributed by atoms with Crippen LogP contribution in [0.25, 0.3) is 6.08 Å². The lowest BCUT2D eigenvalue weighted by Gasteiger charge is -2.08. The Hall–Kier alpha value is -4.37. The summed E-state index contributed by atoms with van der Waals surface area (Å²) in [6, 6.07) is 24.6. The molecule has 6 heteroatoms. The fourth-order valence-electron chi connectivity index (χ4n) is 2.75. The van der Waals surface area contributed by atoms with Crippen molar-refractivity contribution < 1.29 is 19.4 Å². The lowest BCUT2D eigenvalue weighted by atomic mass is 10.1. The van der Waals surface area contributed by atoms with Crippen molar-refractivity contribution in [3.63, 3.8) is 0 Å². The maximum absolute atomic E-state index is 12.3. The molecular formula is C25H19N2O4-. The third kappa shape index (κ3) is 6.31. The Labute approximate surface area is 180 Å². The number of carboxylic acid groups (broad SMARTS) is 1. The first-order valence-electron chi connectivity index (χ1n) is 9.52. The van der Waals surface area contributed by atoms with E-state index in [1.165, 1.54) is 18.2 Å². The van der Waals surface area contributed by atoms with Crippen molar-refractivity contribution in [3.8, 4) is 11.8 Å². The molecule has 0 heterocycles. The highest BCUT2D eigenvalue weighted by Crippen LogP contribution is 2.16. The van der Waals surface area contributed by atoms with E-state index in [-0.39, 0.29) is 17.7 Å². The van der Waals surface area contributed by atoms with Crippen LogP contribution in [-0.4, -0.2) is 11.9 Å². The van der Waals surface area contributed by atoms with Crippen molar-refractivity contribution in [2.75, 3.05) is 0 Å². The molecular weight excluding hydrogens is 392 g/mol. The zero-order chi connectivity index (χ0) is 22.1. The van der Waals surface area contributed by atoms with E-state index >= 15 is 0 Å². The molecule has 0 radical (unpaired) electrons. The van der Waals surface area contributed by atoms with E-state index in [0.717, 1.165) is 11.1 Å². The fraction of sp³-hybridized carbons (Fsp3) is 0.0800. The largest absolute Gasteiger partial charge is 0.545 e. The van der Waals surface area contributed by atoms with Gasteiger partial charge in [-0.3, -0.25) is 4.79 Å². The predicted octanol–water partition coefficient (Wildman–Crippen LogP) is 2.85. The Morgan fingerprint density at radius 1 is 0.935 bits per heavy atom. The minimum Gasteiger partial charge on any atom is -0.545 e. The molecule has 0 unspecified atom stereocenters. The molecule has 0 spiro atoms. The van der Waals surface area contributed by atoms with Gasteiger partial charge in [-0.05, 0) is 40.5 Å². The Morgan fingerprint density at radius 3 is 2.23 bits per heavy atom. The van der Waals surface area contributed by atoms with Crippen LogP contribution in [0.1, 0.15) is 27.0 Å². The first-order valence-corrected chi connectivity index (χ1v) is 9.52. The van der Waals surface area contributed by atoms with Crippen molar-refractivity contribution >= 4 is 18.0 Å². The lowest BCUT2D eigenvalue weighted by molar-refractivity contribution is -0.255. The second-order valence-corrected chi connectivity index (χ2v) is 6.68. The molecule has 0 atom stereocenters. The molecule has 0 saturated heterocycles. The maximum atomic E-state index is 12.3. The van der Waals surface area contributed by atoms with Crippen molar-refractivity contribution in [1.29, 1.82) is 5.26 Å². The monoisotopic (exact) mass is 411 g/mol. The zero-order valence-corrected chi connectivity index (χ0v) is 16.6. The average molecular weight is 411 g/mol. The zero-order valence-electron chi connectivity index (χ0n) is 16.6. The number of rotatable bonds is 8. The van der Waals surface area contributed by atoms with Gasteiger partial charge in [0, 0.05) is 6.54 Å². The van der Waals surface area contributed by atoms with Crippen molar-refractivity contribution in [2.24, 2.45) is 0 Å². The standard InChI is InChI=1S/C25H20N2O4/c26-15-22(24(28)27-16-19-4-2-1-3-5-19)14-18-8-12-23(13-9-18)31-17-20-6-10-21(11-7-20)25(29)30/h1-14H,16-17H2,(H,27,28)(H,29,30)/p-1/b22-14+. The van der Waals surface area contributed by atoms with Crippen LogP contribution in [-0.2, 0) is 17.9 Å². The number of carboxylic acids is 1. The summed E-state index contributed by atoms with van der Waals surface area (Å²) in [5.74, 6) is -1.05. The number of benzene rings is 3. The normalized spacial score (nSPS) is 10.7. The number of nitrogens with zero attached hydrogens (tertiary/aromatic N) is 1. The highest BCUT2D eigenvalue weighted by Gasteiger charge is 2.09. The summed E-state index contributed by atoms with van der Waals surface area (Å²) >= 11 is 0. The molecule has 0 saturated carbocycles. The molecule has 3 aromatic rings. The summed E-state index contributed by atoms with van der Waals surface area (Å²) in [4.78, 5) is 23.1. The van der Waals surface area contributed by atoms with Crippen molar-refractivity contribution in [3.05, 3.63) is 107 Å². The highest BCUT2D eigenvalue weighted by molar-refractivity contribution is 6.01. The molecule has 0 aliphatic heterocycles. The summed E-state index contributed by atoms with van der Waals surface area (Å²) in [6.45, 7) is 0.614. The number of carbonyl (C=O) groups is 2. The molecule has 154 valence electrons. The number of hydrogen-bond donors (Lipinski definition) is 1. The van der Waals surface area contributed by atoms with Crippen LogP contribution >= 0.6 is 0 Å². The molecule has 1 N–H and O–H groups in total. The van der Waals surface area contributed by atoms with Gasteiger partial charge in [0.15, 0.2) is 0 Å². The van der Waals surface area contributed by atoms with Gasteiger partial charge in [0.2, 0.25) is 0 Å². The second-order valence-electron chi connectivity index (χ2n) is 6.68. The molecule has 31 heavy (non-hydrogen) atoms. The first-order chi connectivity index (χ1) is 15.0.